The van der Waals surface area contributed by atoms with Crippen molar-refractivity contribution in [3.63, 3.8) is 0 Å². The van der Waals surface area contributed by atoms with E-state index in [9.17, 15) is 17.6 Å². The normalized spacial score (nSPS) is 11.2. The Balaban J connectivity index is 1.97. The van der Waals surface area contributed by atoms with Crippen molar-refractivity contribution in [2.45, 2.75) is 12.8 Å². The Hall–Kier alpha value is -2.12. The van der Waals surface area contributed by atoms with Crippen LogP contribution in [0.2, 0.25) is 5.02 Å². The van der Waals surface area contributed by atoms with Crippen molar-refractivity contribution in [2.75, 3.05) is 24.2 Å². The molecular formula is C18H20ClFN2O3S. The molecule has 1 amide bonds. The van der Waals surface area contributed by atoms with E-state index in [4.69, 9.17) is 11.6 Å². The van der Waals surface area contributed by atoms with Gasteiger partial charge in [0.05, 0.1) is 22.5 Å². The van der Waals surface area contributed by atoms with Crippen LogP contribution in [0.5, 0.6) is 0 Å². The Labute approximate surface area is 157 Å². The van der Waals surface area contributed by atoms with Crippen molar-refractivity contribution in [1.29, 1.82) is 0 Å². The number of halogens is 2. The number of carbonyl (C=O) groups is 1. The van der Waals surface area contributed by atoms with E-state index in [2.05, 4.69) is 5.32 Å². The van der Waals surface area contributed by atoms with Crippen LogP contribution in [0.3, 0.4) is 0 Å². The Bertz CT molecular complexity index is 886. The SMILES string of the molecule is CN(c1ccc(Cl)c(C(=O)NCCCc2ccc(F)cc2)c1)S(C)(=O)=O. The van der Waals surface area contributed by atoms with E-state index < -0.39 is 10.0 Å². The lowest BCUT2D eigenvalue weighted by Crippen LogP contribution is -2.27. The van der Waals surface area contributed by atoms with Crippen LogP contribution in [0, 0.1) is 5.82 Å². The first-order valence-electron chi connectivity index (χ1n) is 7.94. The first kappa shape index (κ1) is 20.2. The van der Waals surface area contributed by atoms with Gasteiger partial charge in [-0.05, 0) is 48.7 Å². The summed E-state index contributed by atoms with van der Waals surface area (Å²) in [5, 5.41) is 3.00. The molecule has 0 fully saturated rings. The molecule has 2 aromatic rings. The van der Waals surface area contributed by atoms with Gasteiger partial charge in [0.1, 0.15) is 5.82 Å². The van der Waals surface area contributed by atoms with E-state index in [1.165, 1.54) is 37.4 Å². The van der Waals surface area contributed by atoms with Crippen molar-refractivity contribution in [2.24, 2.45) is 0 Å². The molecular weight excluding hydrogens is 379 g/mol. The van der Waals surface area contributed by atoms with E-state index in [0.29, 0.717) is 25.1 Å². The maximum atomic E-state index is 12.9. The third-order valence-electron chi connectivity index (χ3n) is 3.90. The number of nitrogens with zero attached hydrogens (tertiary/aromatic N) is 1. The summed E-state index contributed by atoms with van der Waals surface area (Å²) in [5.74, 6) is -0.659. The number of hydrogen-bond donors (Lipinski definition) is 1. The zero-order valence-electron chi connectivity index (χ0n) is 14.5. The van der Waals surface area contributed by atoms with Crippen LogP contribution in [0.4, 0.5) is 10.1 Å². The number of carbonyl (C=O) groups excluding carboxylic acids is 1. The number of hydrogen-bond acceptors (Lipinski definition) is 3. The second-order valence-electron chi connectivity index (χ2n) is 5.88. The first-order valence-corrected chi connectivity index (χ1v) is 10.2. The minimum Gasteiger partial charge on any atom is -0.352 e. The molecule has 8 heteroatoms. The average Bonchev–Trinajstić information content (AvgIpc) is 2.59. The van der Waals surface area contributed by atoms with Gasteiger partial charge in [0.25, 0.3) is 5.91 Å². The third-order valence-corrected chi connectivity index (χ3v) is 5.43. The maximum absolute atomic E-state index is 12.9. The van der Waals surface area contributed by atoms with Crippen LogP contribution >= 0.6 is 11.6 Å². The average molecular weight is 399 g/mol. The summed E-state index contributed by atoms with van der Waals surface area (Å²) in [6.07, 6.45) is 2.46. The molecule has 0 saturated carbocycles. The van der Waals surface area contributed by atoms with E-state index in [-0.39, 0.29) is 22.3 Å². The van der Waals surface area contributed by atoms with Crippen LogP contribution < -0.4 is 9.62 Å². The Morgan fingerprint density at radius 2 is 1.85 bits per heavy atom. The smallest absolute Gasteiger partial charge is 0.252 e. The number of amides is 1. The third kappa shape index (κ3) is 5.44. The molecule has 0 spiro atoms. The van der Waals surface area contributed by atoms with Gasteiger partial charge in [-0.15, -0.1) is 0 Å². The highest BCUT2D eigenvalue weighted by Gasteiger charge is 2.16. The second-order valence-corrected chi connectivity index (χ2v) is 8.30. The molecule has 0 aliphatic heterocycles. The molecule has 0 saturated heterocycles. The van der Waals surface area contributed by atoms with E-state index in [1.807, 2.05) is 0 Å². The maximum Gasteiger partial charge on any atom is 0.252 e. The van der Waals surface area contributed by atoms with Crippen LogP contribution in [-0.4, -0.2) is 34.2 Å². The molecule has 0 atom stereocenters. The van der Waals surface area contributed by atoms with E-state index in [0.717, 1.165) is 16.1 Å². The van der Waals surface area contributed by atoms with Crippen molar-refractivity contribution >= 4 is 33.2 Å². The Kier molecular flexibility index (Phi) is 6.61. The Morgan fingerprint density at radius 1 is 1.19 bits per heavy atom. The first-order chi connectivity index (χ1) is 12.2. The summed E-state index contributed by atoms with van der Waals surface area (Å²) in [5.41, 5.74) is 1.55. The van der Waals surface area contributed by atoms with Gasteiger partial charge in [-0.2, -0.15) is 0 Å². The standard InChI is InChI=1S/C18H20ClFN2O3S/c1-22(26(2,24)25)15-9-10-17(19)16(12-15)18(23)21-11-3-4-13-5-7-14(20)8-6-13/h5-10,12H,3-4,11H2,1-2H3,(H,21,23). The summed E-state index contributed by atoms with van der Waals surface area (Å²) in [6, 6.07) is 10.7. The lowest BCUT2D eigenvalue weighted by molar-refractivity contribution is 0.0953. The number of nitrogens with one attached hydrogen (secondary N) is 1. The molecule has 2 aromatic carbocycles. The zero-order chi connectivity index (χ0) is 19.3. The van der Waals surface area contributed by atoms with Crippen LogP contribution in [0.15, 0.2) is 42.5 Å². The summed E-state index contributed by atoms with van der Waals surface area (Å²) in [7, 11) is -2.03. The minimum absolute atomic E-state index is 0.210. The highest BCUT2D eigenvalue weighted by atomic mass is 35.5. The topological polar surface area (TPSA) is 66.5 Å². The molecule has 0 unspecified atom stereocenters. The summed E-state index contributed by atoms with van der Waals surface area (Å²) < 4.78 is 37.2. The van der Waals surface area contributed by atoms with Gasteiger partial charge >= 0.3 is 0 Å². The lowest BCUT2D eigenvalue weighted by atomic mass is 10.1. The molecule has 1 N–H and O–H groups in total. The van der Waals surface area contributed by atoms with Crippen molar-refractivity contribution in [3.8, 4) is 0 Å². The van der Waals surface area contributed by atoms with Crippen molar-refractivity contribution in [3.05, 3.63) is 64.4 Å². The predicted molar refractivity (Wildman–Crippen MR) is 102 cm³/mol. The molecule has 0 aliphatic carbocycles. The molecule has 0 aliphatic rings. The van der Waals surface area contributed by atoms with Gasteiger partial charge in [-0.25, -0.2) is 12.8 Å². The minimum atomic E-state index is -3.43. The molecule has 0 heterocycles. The lowest BCUT2D eigenvalue weighted by Gasteiger charge is -2.18. The molecule has 0 aromatic heterocycles. The van der Waals surface area contributed by atoms with Crippen LogP contribution in [-0.2, 0) is 16.4 Å². The number of sulfonamides is 1. The molecule has 140 valence electrons. The van der Waals surface area contributed by atoms with Crippen molar-refractivity contribution < 1.29 is 17.6 Å². The monoisotopic (exact) mass is 398 g/mol. The van der Waals surface area contributed by atoms with Gasteiger partial charge in [0, 0.05) is 13.6 Å². The second kappa shape index (κ2) is 8.51. The quantitative estimate of drug-likeness (QED) is 0.728. The fraction of sp³-hybridized carbons (Fsp3) is 0.278. The number of anilines is 1. The fourth-order valence-corrected chi connectivity index (χ4v) is 3.02. The largest absolute Gasteiger partial charge is 0.352 e. The summed E-state index contributed by atoms with van der Waals surface area (Å²) in [4.78, 5) is 12.3. The van der Waals surface area contributed by atoms with E-state index in [1.54, 1.807) is 12.1 Å². The predicted octanol–water partition coefficient (Wildman–Crippen LogP) is 3.24. The van der Waals surface area contributed by atoms with Crippen molar-refractivity contribution in [1.82, 2.24) is 5.32 Å². The highest BCUT2D eigenvalue weighted by molar-refractivity contribution is 7.92. The van der Waals surface area contributed by atoms with E-state index >= 15 is 0 Å². The summed E-state index contributed by atoms with van der Waals surface area (Å²) in [6.45, 7) is 0.415. The molecule has 5 nitrogen and oxygen atoms in total. The Morgan fingerprint density at radius 3 is 2.46 bits per heavy atom. The van der Waals surface area contributed by atoms with Gasteiger partial charge in [0.2, 0.25) is 10.0 Å². The fourth-order valence-electron chi connectivity index (χ4n) is 2.32. The number of rotatable bonds is 7. The molecule has 0 bridgehead atoms. The zero-order valence-corrected chi connectivity index (χ0v) is 16.1. The number of aryl methyl sites for hydroxylation is 1. The number of benzene rings is 2. The molecule has 2 rings (SSSR count). The van der Waals surface area contributed by atoms with Gasteiger partial charge in [-0.3, -0.25) is 9.10 Å². The van der Waals surface area contributed by atoms with Crippen LogP contribution in [0.1, 0.15) is 22.3 Å². The highest BCUT2D eigenvalue weighted by Crippen LogP contribution is 2.24. The van der Waals surface area contributed by atoms with Gasteiger partial charge in [-0.1, -0.05) is 23.7 Å². The van der Waals surface area contributed by atoms with Gasteiger partial charge in [0.15, 0.2) is 0 Å². The van der Waals surface area contributed by atoms with Gasteiger partial charge < -0.3 is 5.32 Å². The summed E-state index contributed by atoms with van der Waals surface area (Å²) >= 11 is 6.07. The molecule has 0 radical (unpaired) electrons. The van der Waals surface area contributed by atoms with Crippen LogP contribution in [0.25, 0.3) is 0 Å². The molecule has 26 heavy (non-hydrogen) atoms.